The first-order valence-corrected chi connectivity index (χ1v) is 11.5. The van der Waals surface area contributed by atoms with Crippen LogP contribution < -0.4 is 14.2 Å². The summed E-state index contributed by atoms with van der Waals surface area (Å²) in [7, 11) is 1.51. The smallest absolute Gasteiger partial charge is 0.262 e. The highest BCUT2D eigenvalue weighted by Gasteiger charge is 2.17. The first-order chi connectivity index (χ1) is 14.6. The molecule has 3 aromatic heterocycles. The second kappa shape index (κ2) is 12.4. The van der Waals surface area contributed by atoms with Crippen LogP contribution in [0, 0.1) is 6.92 Å². The standard InChI is InChI=1S/C18H22FN5O2S2.C2H6/c1-4-5-13-15(26-7-6-19)16(25-3)23-18(22-13)24-28-12-8-14(20-9-12)17-21-11(2)10-27-17;1-2/h8-10,20H,4-7H2,1-3H3,(H,22,23,24);1-2H3. The molecule has 3 heterocycles. The average Bonchev–Trinajstić information content (AvgIpc) is 3.41. The molecule has 164 valence electrons. The van der Waals surface area contributed by atoms with Crippen molar-refractivity contribution in [3.63, 3.8) is 0 Å². The molecule has 0 unspecified atom stereocenters. The third-order valence-corrected chi connectivity index (χ3v) is 5.42. The summed E-state index contributed by atoms with van der Waals surface area (Å²) in [6, 6.07) is 2.01. The largest absolute Gasteiger partial charge is 0.484 e. The van der Waals surface area contributed by atoms with Crippen LogP contribution in [-0.2, 0) is 6.42 Å². The van der Waals surface area contributed by atoms with E-state index in [1.165, 1.54) is 19.1 Å². The van der Waals surface area contributed by atoms with Crippen molar-refractivity contribution in [3.8, 4) is 22.3 Å². The molecule has 0 spiro atoms. The number of thiazole rings is 1. The van der Waals surface area contributed by atoms with Gasteiger partial charge in [-0.05, 0) is 31.4 Å². The number of H-pyrrole nitrogens is 1. The van der Waals surface area contributed by atoms with Crippen LogP contribution in [0.5, 0.6) is 11.6 Å². The number of nitrogens with zero attached hydrogens (tertiary/aromatic N) is 3. The van der Waals surface area contributed by atoms with Crippen molar-refractivity contribution >= 4 is 29.2 Å². The maximum absolute atomic E-state index is 12.5. The molecule has 7 nitrogen and oxygen atoms in total. The minimum absolute atomic E-state index is 0.0552. The van der Waals surface area contributed by atoms with Crippen molar-refractivity contribution in [2.75, 3.05) is 25.1 Å². The van der Waals surface area contributed by atoms with Gasteiger partial charge in [0.05, 0.1) is 18.5 Å². The number of rotatable bonds is 10. The van der Waals surface area contributed by atoms with Crippen molar-refractivity contribution in [2.45, 2.75) is 45.4 Å². The van der Waals surface area contributed by atoms with Crippen LogP contribution in [0.2, 0.25) is 0 Å². The zero-order valence-corrected chi connectivity index (χ0v) is 19.5. The van der Waals surface area contributed by atoms with Gasteiger partial charge in [0.1, 0.15) is 18.3 Å². The van der Waals surface area contributed by atoms with Crippen molar-refractivity contribution in [2.24, 2.45) is 0 Å². The molecule has 0 atom stereocenters. The first-order valence-electron chi connectivity index (χ1n) is 9.82. The summed E-state index contributed by atoms with van der Waals surface area (Å²) in [5, 5.41) is 2.96. The van der Waals surface area contributed by atoms with E-state index in [1.807, 2.05) is 45.3 Å². The number of halogens is 1. The van der Waals surface area contributed by atoms with Gasteiger partial charge in [0.25, 0.3) is 5.88 Å². The number of hydrogen-bond donors (Lipinski definition) is 2. The Morgan fingerprint density at radius 2 is 2.07 bits per heavy atom. The Bertz CT molecular complexity index is 916. The number of aromatic nitrogens is 4. The normalized spacial score (nSPS) is 10.3. The van der Waals surface area contributed by atoms with Gasteiger partial charge in [0, 0.05) is 22.2 Å². The third-order valence-electron chi connectivity index (χ3n) is 3.67. The molecule has 0 aliphatic heterocycles. The van der Waals surface area contributed by atoms with Crippen LogP contribution in [0.25, 0.3) is 10.7 Å². The van der Waals surface area contributed by atoms with Gasteiger partial charge < -0.3 is 14.5 Å². The van der Waals surface area contributed by atoms with E-state index in [0.717, 1.165) is 27.7 Å². The number of aromatic amines is 1. The van der Waals surface area contributed by atoms with Crippen LogP contribution in [0.4, 0.5) is 10.3 Å². The predicted octanol–water partition coefficient (Wildman–Crippen LogP) is 5.69. The zero-order valence-electron chi connectivity index (χ0n) is 17.9. The van der Waals surface area contributed by atoms with E-state index in [-0.39, 0.29) is 6.61 Å². The van der Waals surface area contributed by atoms with Crippen molar-refractivity contribution in [1.29, 1.82) is 0 Å². The summed E-state index contributed by atoms with van der Waals surface area (Å²) in [4.78, 5) is 17.5. The lowest BCUT2D eigenvalue weighted by molar-refractivity contribution is 0.253. The van der Waals surface area contributed by atoms with Gasteiger partial charge >= 0.3 is 0 Å². The molecule has 0 amide bonds. The third kappa shape index (κ3) is 6.33. The maximum atomic E-state index is 12.5. The van der Waals surface area contributed by atoms with Crippen molar-refractivity contribution in [1.82, 2.24) is 19.9 Å². The summed E-state index contributed by atoms with van der Waals surface area (Å²) < 4.78 is 26.4. The lowest BCUT2D eigenvalue weighted by Gasteiger charge is -2.14. The highest BCUT2D eigenvalue weighted by molar-refractivity contribution is 8.00. The summed E-state index contributed by atoms with van der Waals surface area (Å²) in [5.74, 6) is 1.11. The van der Waals surface area contributed by atoms with Gasteiger partial charge in [0.15, 0.2) is 0 Å². The topological polar surface area (TPSA) is 85.0 Å². The second-order valence-corrected chi connectivity index (χ2v) is 7.60. The first kappa shape index (κ1) is 23.9. The molecule has 0 saturated carbocycles. The number of aryl methyl sites for hydroxylation is 2. The minimum atomic E-state index is -0.584. The van der Waals surface area contributed by atoms with Gasteiger partial charge in [-0.1, -0.05) is 27.2 Å². The zero-order chi connectivity index (χ0) is 21.9. The molecule has 0 aromatic carbocycles. The Morgan fingerprint density at radius 3 is 2.70 bits per heavy atom. The number of alkyl halides is 1. The van der Waals surface area contributed by atoms with E-state index >= 15 is 0 Å². The van der Waals surface area contributed by atoms with Crippen molar-refractivity contribution in [3.05, 3.63) is 29.0 Å². The molecule has 30 heavy (non-hydrogen) atoms. The summed E-state index contributed by atoms with van der Waals surface area (Å²) in [5.41, 5.74) is 2.66. The SMILES string of the molecule is CC.CCCc1nc(NSc2c[nH]c(-c3nc(C)cs3)c2)nc(OC)c1OCCF. The molecule has 3 rings (SSSR count). The molecular weight excluding hydrogens is 425 g/mol. The minimum Gasteiger partial charge on any atom is -0.484 e. The highest BCUT2D eigenvalue weighted by atomic mass is 32.2. The Balaban J connectivity index is 0.00000155. The van der Waals surface area contributed by atoms with E-state index in [1.54, 1.807) is 11.3 Å². The Morgan fingerprint density at radius 1 is 1.27 bits per heavy atom. The number of anilines is 1. The summed E-state index contributed by atoms with van der Waals surface area (Å²) in [6.07, 6.45) is 3.44. The monoisotopic (exact) mass is 453 g/mol. The molecular formula is C20H28FN5O2S2. The van der Waals surface area contributed by atoms with Crippen LogP contribution in [0.3, 0.4) is 0 Å². The van der Waals surface area contributed by atoms with Gasteiger partial charge in [0.2, 0.25) is 11.7 Å². The molecule has 0 bridgehead atoms. The van der Waals surface area contributed by atoms with Crippen LogP contribution in [0.1, 0.15) is 38.6 Å². The van der Waals surface area contributed by atoms with Gasteiger partial charge in [-0.25, -0.2) is 14.4 Å². The Labute approximate surface area is 185 Å². The van der Waals surface area contributed by atoms with Gasteiger partial charge in [-0.15, -0.1) is 11.3 Å². The molecule has 0 aliphatic rings. The molecule has 10 heteroatoms. The summed E-state index contributed by atoms with van der Waals surface area (Å²) >= 11 is 2.98. The van der Waals surface area contributed by atoms with Crippen LogP contribution in [-0.4, -0.2) is 40.3 Å². The fraction of sp³-hybridized carbons (Fsp3) is 0.450. The number of ether oxygens (including phenoxy) is 2. The number of nitrogens with one attached hydrogen (secondary N) is 2. The van der Waals surface area contributed by atoms with Gasteiger partial charge in [-0.2, -0.15) is 4.98 Å². The summed E-state index contributed by atoms with van der Waals surface area (Å²) in [6.45, 7) is 7.37. The lowest BCUT2D eigenvalue weighted by atomic mass is 10.2. The fourth-order valence-corrected chi connectivity index (χ4v) is 3.86. The molecule has 2 N–H and O–H groups in total. The van der Waals surface area contributed by atoms with E-state index < -0.39 is 6.67 Å². The van der Waals surface area contributed by atoms with E-state index in [2.05, 4.69) is 24.7 Å². The lowest BCUT2D eigenvalue weighted by Crippen LogP contribution is -2.08. The Hall–Kier alpha value is -2.33. The molecule has 3 aromatic rings. The van der Waals surface area contributed by atoms with Gasteiger partial charge in [-0.3, -0.25) is 4.72 Å². The fourth-order valence-electron chi connectivity index (χ4n) is 2.49. The molecule has 0 fully saturated rings. The molecule has 0 radical (unpaired) electrons. The maximum Gasteiger partial charge on any atom is 0.262 e. The van der Waals surface area contributed by atoms with E-state index in [4.69, 9.17) is 9.47 Å². The average molecular weight is 454 g/mol. The predicted molar refractivity (Wildman–Crippen MR) is 122 cm³/mol. The van der Waals surface area contributed by atoms with Crippen LogP contribution in [0.15, 0.2) is 22.5 Å². The van der Waals surface area contributed by atoms with E-state index in [0.29, 0.717) is 29.7 Å². The van der Waals surface area contributed by atoms with Crippen molar-refractivity contribution < 1.29 is 13.9 Å². The molecule has 0 saturated heterocycles. The highest BCUT2D eigenvalue weighted by Crippen LogP contribution is 2.32. The Kier molecular flexibility index (Phi) is 9.88. The quantitative estimate of drug-likeness (QED) is 0.381. The second-order valence-electron chi connectivity index (χ2n) is 5.87. The molecule has 0 aliphatic carbocycles. The number of hydrogen-bond acceptors (Lipinski definition) is 8. The van der Waals surface area contributed by atoms with Crippen LogP contribution >= 0.6 is 23.3 Å². The van der Waals surface area contributed by atoms with E-state index in [9.17, 15) is 4.39 Å². The number of methoxy groups -OCH3 is 1.